The van der Waals surface area contributed by atoms with Crippen LogP contribution in [0.1, 0.15) is 19.3 Å². The van der Waals surface area contributed by atoms with Crippen molar-refractivity contribution in [3.05, 3.63) is 17.1 Å². The molecule has 72 valence electrons. The van der Waals surface area contributed by atoms with Gasteiger partial charge in [0.05, 0.1) is 0 Å². The van der Waals surface area contributed by atoms with E-state index in [1.807, 2.05) is 12.4 Å². The Morgan fingerprint density at radius 3 is 3.23 bits per heavy atom. The molecule has 0 radical (unpaired) electrons. The number of halogens is 1. The van der Waals surface area contributed by atoms with Gasteiger partial charge in [0.2, 0.25) is 0 Å². The quantitative estimate of drug-likeness (QED) is 0.878. The monoisotopic (exact) mass is 243 g/mol. The maximum atomic E-state index is 4.12. The summed E-state index contributed by atoms with van der Waals surface area (Å²) in [6.07, 6.45) is 7.70. The molecule has 2 rings (SSSR count). The molecule has 0 aromatic carbocycles. The Kier molecular flexibility index (Phi) is 3.01. The Hall–Kier alpha value is -0.350. The fourth-order valence-corrected chi connectivity index (χ4v) is 2.19. The van der Waals surface area contributed by atoms with Crippen molar-refractivity contribution < 1.29 is 0 Å². The number of aryl methyl sites for hydroxylation is 1. The maximum absolute atomic E-state index is 4.12. The fraction of sp³-hybridized carbons (Fsp3) is 0.667. The Labute approximate surface area is 86.7 Å². The van der Waals surface area contributed by atoms with Crippen LogP contribution in [0.15, 0.2) is 17.1 Å². The van der Waals surface area contributed by atoms with Gasteiger partial charge in [-0.15, -0.1) is 0 Å². The highest BCUT2D eigenvalue weighted by atomic mass is 79.9. The number of aromatic nitrogens is 2. The molecule has 1 aromatic rings. The Balaban J connectivity index is 1.82. The van der Waals surface area contributed by atoms with Crippen molar-refractivity contribution in [3.8, 4) is 0 Å². The molecule has 0 amide bonds. The molecule has 0 aliphatic carbocycles. The molecule has 1 aromatic heterocycles. The number of hydrogen-bond acceptors (Lipinski definition) is 2. The van der Waals surface area contributed by atoms with Crippen molar-refractivity contribution in [2.45, 2.75) is 31.8 Å². The zero-order chi connectivity index (χ0) is 9.10. The van der Waals surface area contributed by atoms with Gasteiger partial charge in [0.15, 0.2) is 4.73 Å². The lowest BCUT2D eigenvalue weighted by molar-refractivity contribution is 0.501. The van der Waals surface area contributed by atoms with Gasteiger partial charge in [-0.05, 0) is 41.7 Å². The largest absolute Gasteiger partial charge is 0.326 e. The molecule has 1 saturated heterocycles. The minimum absolute atomic E-state index is 0.717. The third kappa shape index (κ3) is 2.31. The van der Waals surface area contributed by atoms with E-state index in [0.717, 1.165) is 11.3 Å². The van der Waals surface area contributed by atoms with Crippen LogP contribution in [0, 0.1) is 0 Å². The van der Waals surface area contributed by atoms with Crippen LogP contribution >= 0.6 is 15.9 Å². The Morgan fingerprint density at radius 1 is 1.69 bits per heavy atom. The van der Waals surface area contributed by atoms with Gasteiger partial charge in [0, 0.05) is 25.0 Å². The zero-order valence-electron chi connectivity index (χ0n) is 7.54. The second-order valence-corrected chi connectivity index (χ2v) is 4.18. The summed E-state index contributed by atoms with van der Waals surface area (Å²) in [5.74, 6) is 0. The summed E-state index contributed by atoms with van der Waals surface area (Å²) in [4.78, 5) is 4.12. The van der Waals surface area contributed by atoms with Crippen LogP contribution in [-0.4, -0.2) is 22.1 Å². The molecule has 1 N–H and O–H groups in total. The smallest absolute Gasteiger partial charge is 0.177 e. The maximum Gasteiger partial charge on any atom is 0.177 e. The highest BCUT2D eigenvalue weighted by molar-refractivity contribution is 9.10. The molecule has 0 bridgehead atoms. The van der Waals surface area contributed by atoms with Crippen LogP contribution in [-0.2, 0) is 6.54 Å². The summed E-state index contributed by atoms with van der Waals surface area (Å²) in [6.45, 7) is 2.24. The van der Waals surface area contributed by atoms with Crippen LogP contribution in [0.2, 0.25) is 0 Å². The standard InChI is InChI=1S/C9H14BrN3/c10-9-12-5-7-13(9)6-3-8-2-1-4-11-8/h5,7-8,11H,1-4,6H2. The first kappa shape index (κ1) is 9.21. The van der Waals surface area contributed by atoms with E-state index in [9.17, 15) is 0 Å². The molecule has 2 heterocycles. The average molecular weight is 244 g/mol. The molecule has 4 heteroatoms. The van der Waals surface area contributed by atoms with Gasteiger partial charge in [-0.25, -0.2) is 4.98 Å². The number of nitrogens with one attached hydrogen (secondary N) is 1. The molecule has 1 aliphatic heterocycles. The lowest BCUT2D eigenvalue weighted by Gasteiger charge is -2.10. The first-order valence-electron chi connectivity index (χ1n) is 4.76. The summed E-state index contributed by atoms with van der Waals surface area (Å²) in [5.41, 5.74) is 0. The van der Waals surface area contributed by atoms with E-state index in [0.29, 0.717) is 6.04 Å². The highest BCUT2D eigenvalue weighted by Gasteiger charge is 2.13. The van der Waals surface area contributed by atoms with Gasteiger partial charge in [-0.2, -0.15) is 0 Å². The summed E-state index contributed by atoms with van der Waals surface area (Å²) in [7, 11) is 0. The van der Waals surface area contributed by atoms with E-state index in [1.54, 1.807) is 0 Å². The van der Waals surface area contributed by atoms with Gasteiger partial charge in [-0.3, -0.25) is 0 Å². The molecule has 0 spiro atoms. The molecule has 1 fully saturated rings. The summed E-state index contributed by atoms with van der Waals surface area (Å²) in [6, 6.07) is 0.717. The van der Waals surface area contributed by atoms with Crippen molar-refractivity contribution in [1.82, 2.24) is 14.9 Å². The molecular formula is C9H14BrN3. The van der Waals surface area contributed by atoms with Gasteiger partial charge in [0.25, 0.3) is 0 Å². The molecule has 1 aliphatic rings. The number of nitrogens with zero attached hydrogens (tertiary/aromatic N) is 2. The van der Waals surface area contributed by atoms with E-state index < -0.39 is 0 Å². The van der Waals surface area contributed by atoms with Crippen LogP contribution < -0.4 is 5.32 Å². The first-order chi connectivity index (χ1) is 6.36. The van der Waals surface area contributed by atoms with Crippen LogP contribution in [0.3, 0.4) is 0 Å². The second-order valence-electron chi connectivity index (χ2n) is 3.47. The molecule has 13 heavy (non-hydrogen) atoms. The van der Waals surface area contributed by atoms with Crippen molar-refractivity contribution >= 4 is 15.9 Å². The lowest BCUT2D eigenvalue weighted by Crippen LogP contribution is -2.22. The summed E-state index contributed by atoms with van der Waals surface area (Å²) < 4.78 is 3.07. The van der Waals surface area contributed by atoms with Crippen molar-refractivity contribution in [2.24, 2.45) is 0 Å². The van der Waals surface area contributed by atoms with E-state index >= 15 is 0 Å². The number of imidazole rings is 1. The molecular weight excluding hydrogens is 230 g/mol. The third-order valence-electron chi connectivity index (χ3n) is 2.55. The number of rotatable bonds is 3. The topological polar surface area (TPSA) is 29.9 Å². The Morgan fingerprint density at radius 2 is 2.62 bits per heavy atom. The van der Waals surface area contributed by atoms with Gasteiger partial charge >= 0.3 is 0 Å². The van der Waals surface area contributed by atoms with Crippen LogP contribution in [0.5, 0.6) is 0 Å². The fourth-order valence-electron chi connectivity index (χ4n) is 1.78. The Bertz CT molecular complexity index is 266. The number of hydrogen-bond donors (Lipinski definition) is 1. The van der Waals surface area contributed by atoms with Gasteiger partial charge in [0.1, 0.15) is 0 Å². The second kappa shape index (κ2) is 4.24. The molecule has 1 unspecified atom stereocenters. The minimum atomic E-state index is 0.717. The highest BCUT2D eigenvalue weighted by Crippen LogP contribution is 2.12. The molecule has 1 atom stereocenters. The zero-order valence-corrected chi connectivity index (χ0v) is 9.13. The first-order valence-corrected chi connectivity index (χ1v) is 5.55. The third-order valence-corrected chi connectivity index (χ3v) is 3.21. The van der Waals surface area contributed by atoms with Crippen molar-refractivity contribution in [3.63, 3.8) is 0 Å². The predicted molar refractivity (Wildman–Crippen MR) is 55.6 cm³/mol. The van der Waals surface area contributed by atoms with E-state index in [1.165, 1.54) is 25.8 Å². The molecule has 3 nitrogen and oxygen atoms in total. The van der Waals surface area contributed by atoms with Crippen molar-refractivity contribution in [1.29, 1.82) is 0 Å². The predicted octanol–water partition coefficient (Wildman–Crippen LogP) is 1.79. The van der Waals surface area contributed by atoms with Gasteiger partial charge in [-0.1, -0.05) is 0 Å². The van der Waals surface area contributed by atoms with E-state index in [2.05, 4.69) is 30.8 Å². The molecule has 0 saturated carbocycles. The van der Waals surface area contributed by atoms with E-state index in [-0.39, 0.29) is 0 Å². The van der Waals surface area contributed by atoms with Crippen LogP contribution in [0.4, 0.5) is 0 Å². The van der Waals surface area contributed by atoms with Crippen LogP contribution in [0.25, 0.3) is 0 Å². The SMILES string of the molecule is Brc1nccn1CCC1CCCN1. The minimum Gasteiger partial charge on any atom is -0.326 e. The normalized spacial score (nSPS) is 22.4. The lowest BCUT2D eigenvalue weighted by atomic mass is 10.1. The average Bonchev–Trinajstić information content (AvgIpc) is 2.72. The van der Waals surface area contributed by atoms with Crippen molar-refractivity contribution in [2.75, 3.05) is 6.54 Å². The summed E-state index contributed by atoms with van der Waals surface area (Å²) in [5, 5.41) is 3.49. The van der Waals surface area contributed by atoms with E-state index in [4.69, 9.17) is 0 Å². The summed E-state index contributed by atoms with van der Waals surface area (Å²) >= 11 is 3.41. The van der Waals surface area contributed by atoms with Gasteiger partial charge < -0.3 is 9.88 Å².